The molecule has 3 rings (SSSR count). The molecular formula is C13H9Cl2NO5S2. The highest BCUT2D eigenvalue weighted by atomic mass is 35.5. The lowest BCUT2D eigenvalue weighted by Crippen LogP contribution is -2.35. The highest BCUT2D eigenvalue weighted by molar-refractivity contribution is 8.08. The van der Waals surface area contributed by atoms with Gasteiger partial charge in [-0.3, -0.25) is 0 Å². The van der Waals surface area contributed by atoms with Crippen molar-refractivity contribution in [2.45, 2.75) is 11.8 Å². The van der Waals surface area contributed by atoms with Gasteiger partial charge in [0.15, 0.2) is 5.75 Å². The zero-order valence-electron chi connectivity index (χ0n) is 11.5. The SMILES string of the molecule is Cc1ccc(S(=O)(=O)N2c3cc(Cl)c(Cl)cc3OS2(=O)=O)cc1. The van der Waals surface area contributed by atoms with Crippen LogP contribution >= 0.6 is 23.2 Å². The Morgan fingerprint density at radius 3 is 2.22 bits per heavy atom. The van der Waals surface area contributed by atoms with Crippen LogP contribution in [0.5, 0.6) is 5.75 Å². The molecule has 0 aromatic heterocycles. The Kier molecular flexibility index (Phi) is 3.75. The molecule has 0 saturated heterocycles. The third-order valence-electron chi connectivity index (χ3n) is 3.13. The number of nitrogens with zero attached hydrogens (tertiary/aromatic N) is 1. The second-order valence-electron chi connectivity index (χ2n) is 4.79. The van der Waals surface area contributed by atoms with Crippen LogP contribution in [0.4, 0.5) is 5.69 Å². The number of anilines is 1. The van der Waals surface area contributed by atoms with Gasteiger partial charge in [-0.25, -0.2) is 0 Å². The van der Waals surface area contributed by atoms with Crippen LogP contribution in [0.15, 0.2) is 41.3 Å². The van der Waals surface area contributed by atoms with E-state index < -0.39 is 20.3 Å². The second kappa shape index (κ2) is 5.27. The molecule has 2 aromatic carbocycles. The van der Waals surface area contributed by atoms with E-state index in [0.717, 1.165) is 17.7 Å². The van der Waals surface area contributed by atoms with Gasteiger partial charge < -0.3 is 4.18 Å². The second-order valence-corrected chi connectivity index (χ2v) is 9.01. The predicted molar refractivity (Wildman–Crippen MR) is 86.9 cm³/mol. The van der Waals surface area contributed by atoms with E-state index in [9.17, 15) is 16.8 Å². The lowest BCUT2D eigenvalue weighted by atomic mass is 10.2. The minimum Gasteiger partial charge on any atom is -0.364 e. The van der Waals surface area contributed by atoms with E-state index in [2.05, 4.69) is 0 Å². The third kappa shape index (κ3) is 2.65. The first-order valence-electron chi connectivity index (χ1n) is 6.18. The molecule has 0 radical (unpaired) electrons. The Morgan fingerprint density at radius 1 is 1.04 bits per heavy atom. The number of aryl methyl sites for hydroxylation is 1. The number of hydrogen-bond acceptors (Lipinski definition) is 5. The summed E-state index contributed by atoms with van der Waals surface area (Å²) in [6.07, 6.45) is 0. The number of fused-ring (bicyclic) bond motifs is 1. The van der Waals surface area contributed by atoms with E-state index in [-0.39, 0.29) is 30.1 Å². The van der Waals surface area contributed by atoms with Crippen molar-refractivity contribution in [1.29, 1.82) is 0 Å². The topological polar surface area (TPSA) is 80.8 Å². The van der Waals surface area contributed by atoms with E-state index in [4.69, 9.17) is 27.4 Å². The Bertz CT molecular complexity index is 1000. The molecule has 122 valence electrons. The van der Waals surface area contributed by atoms with Crippen molar-refractivity contribution in [3.05, 3.63) is 52.0 Å². The smallest absolute Gasteiger partial charge is 0.364 e. The molecule has 0 fully saturated rings. The van der Waals surface area contributed by atoms with Gasteiger partial charge in [0.2, 0.25) is 0 Å². The van der Waals surface area contributed by atoms with E-state index in [0.29, 0.717) is 0 Å². The number of halogens is 2. The predicted octanol–water partition coefficient (Wildman–Crippen LogP) is 3.13. The van der Waals surface area contributed by atoms with Crippen LogP contribution in [0.2, 0.25) is 10.0 Å². The fourth-order valence-corrected chi connectivity index (χ4v) is 5.56. The average molecular weight is 394 g/mol. The molecule has 23 heavy (non-hydrogen) atoms. The molecule has 10 heteroatoms. The normalized spacial score (nSPS) is 16.0. The Hall–Kier alpha value is -1.48. The summed E-state index contributed by atoms with van der Waals surface area (Å²) in [6, 6.07) is 8.04. The maximum atomic E-state index is 12.7. The van der Waals surface area contributed by atoms with Crippen LogP contribution in [0.1, 0.15) is 5.56 Å². The Balaban J connectivity index is 2.23. The molecular weight excluding hydrogens is 385 g/mol. The maximum Gasteiger partial charge on any atom is 0.423 e. The van der Waals surface area contributed by atoms with Crippen molar-refractivity contribution in [3.8, 4) is 5.75 Å². The van der Waals surface area contributed by atoms with Crippen molar-refractivity contribution < 1.29 is 21.0 Å². The van der Waals surface area contributed by atoms with Gasteiger partial charge in [0.1, 0.15) is 5.69 Å². The van der Waals surface area contributed by atoms with E-state index >= 15 is 0 Å². The van der Waals surface area contributed by atoms with Crippen molar-refractivity contribution in [3.63, 3.8) is 0 Å². The average Bonchev–Trinajstić information content (AvgIpc) is 2.69. The highest BCUT2D eigenvalue weighted by Gasteiger charge is 2.45. The first kappa shape index (κ1) is 16.4. The quantitative estimate of drug-likeness (QED) is 0.782. The van der Waals surface area contributed by atoms with Crippen molar-refractivity contribution in [2.24, 2.45) is 0 Å². The number of sulfonamides is 1. The Morgan fingerprint density at radius 2 is 1.61 bits per heavy atom. The fraction of sp³-hybridized carbons (Fsp3) is 0.0769. The van der Waals surface area contributed by atoms with E-state index in [1.54, 1.807) is 19.1 Å². The van der Waals surface area contributed by atoms with Gasteiger partial charge in [-0.05, 0) is 25.1 Å². The van der Waals surface area contributed by atoms with Crippen molar-refractivity contribution in [1.82, 2.24) is 0 Å². The standard InChI is InChI=1S/C13H9Cl2NO5S2/c1-8-2-4-9(5-3-8)22(17,18)16-12-6-10(14)11(15)7-13(12)21-23(16,19)20/h2-7H,1H3. The molecule has 0 amide bonds. The minimum absolute atomic E-state index is 0.00947. The molecule has 1 aliphatic rings. The monoisotopic (exact) mass is 393 g/mol. The first-order chi connectivity index (χ1) is 10.6. The summed E-state index contributed by atoms with van der Waals surface area (Å²) in [5.41, 5.74) is 0.625. The molecule has 0 unspecified atom stereocenters. The molecule has 0 bridgehead atoms. The van der Waals surface area contributed by atoms with Gasteiger partial charge in [-0.1, -0.05) is 40.9 Å². The van der Waals surface area contributed by atoms with Gasteiger partial charge in [0, 0.05) is 6.07 Å². The molecule has 0 atom stereocenters. The molecule has 1 aliphatic heterocycles. The lowest BCUT2D eigenvalue weighted by molar-refractivity contribution is 0.500. The summed E-state index contributed by atoms with van der Waals surface area (Å²) >= 11 is 11.7. The minimum atomic E-state index is -4.57. The summed E-state index contributed by atoms with van der Waals surface area (Å²) in [7, 11) is -8.96. The summed E-state index contributed by atoms with van der Waals surface area (Å²) in [6.45, 7) is 1.78. The van der Waals surface area contributed by atoms with Crippen LogP contribution < -0.4 is 7.89 Å². The first-order valence-corrected chi connectivity index (χ1v) is 9.75. The zero-order chi connectivity index (χ0) is 17.0. The third-order valence-corrected chi connectivity index (χ3v) is 7.49. The van der Waals surface area contributed by atoms with E-state index in [1.807, 2.05) is 0 Å². The van der Waals surface area contributed by atoms with Crippen molar-refractivity contribution in [2.75, 3.05) is 3.71 Å². The van der Waals surface area contributed by atoms with Crippen LogP contribution in [-0.2, 0) is 20.3 Å². The van der Waals surface area contributed by atoms with E-state index in [1.165, 1.54) is 12.1 Å². The van der Waals surface area contributed by atoms with Gasteiger partial charge in [0.25, 0.3) is 10.0 Å². The fourth-order valence-electron chi connectivity index (χ4n) is 2.05. The number of hydrogen-bond donors (Lipinski definition) is 0. The van der Waals surface area contributed by atoms with Crippen LogP contribution in [0.25, 0.3) is 0 Å². The van der Waals surface area contributed by atoms with Crippen LogP contribution in [0.3, 0.4) is 0 Å². The molecule has 0 spiro atoms. The summed E-state index contributed by atoms with van der Waals surface area (Å²) in [5.74, 6) is -0.199. The Labute approximate surface area is 143 Å². The number of rotatable bonds is 2. The summed E-state index contributed by atoms with van der Waals surface area (Å²) in [4.78, 5) is -0.186. The zero-order valence-corrected chi connectivity index (χ0v) is 14.7. The molecule has 1 heterocycles. The molecule has 0 aliphatic carbocycles. The van der Waals surface area contributed by atoms with Crippen molar-refractivity contribution >= 4 is 49.2 Å². The van der Waals surface area contributed by atoms with Crippen LogP contribution in [0, 0.1) is 6.92 Å². The summed E-state index contributed by atoms with van der Waals surface area (Å²) in [5, 5.41) is 0.0606. The van der Waals surface area contributed by atoms with Gasteiger partial charge >= 0.3 is 10.3 Å². The maximum absolute atomic E-state index is 12.7. The number of benzene rings is 2. The van der Waals surface area contributed by atoms with Gasteiger partial charge in [-0.15, -0.1) is 3.71 Å². The molecule has 0 N–H and O–H groups in total. The highest BCUT2D eigenvalue weighted by Crippen LogP contribution is 2.45. The molecule has 0 saturated carbocycles. The van der Waals surface area contributed by atoms with Crippen LogP contribution in [-0.4, -0.2) is 16.8 Å². The molecule has 6 nitrogen and oxygen atoms in total. The molecule has 2 aromatic rings. The summed E-state index contributed by atoms with van der Waals surface area (Å²) < 4.78 is 54.7. The largest absolute Gasteiger partial charge is 0.423 e. The lowest BCUT2D eigenvalue weighted by Gasteiger charge is -2.15. The van der Waals surface area contributed by atoms with Gasteiger partial charge in [0.05, 0.1) is 14.9 Å². The van der Waals surface area contributed by atoms with Gasteiger partial charge in [-0.2, -0.15) is 16.8 Å².